The molecular formula is C11H15F3N2O3S. The first-order valence-corrected chi connectivity index (χ1v) is 7.24. The van der Waals surface area contributed by atoms with E-state index in [1.165, 1.54) is 0 Å². The van der Waals surface area contributed by atoms with E-state index < -0.39 is 33.4 Å². The van der Waals surface area contributed by atoms with Crippen molar-refractivity contribution < 1.29 is 26.7 Å². The maximum Gasteiger partial charge on any atom is 0.416 e. The van der Waals surface area contributed by atoms with Crippen LogP contribution in [0.15, 0.2) is 18.2 Å². The smallest absolute Gasteiger partial charge is 0.416 e. The standard InChI is InChI=1S/C11H15F3N2O3S/c1-3-16(4-2)20(18,19)15-9-7-8(11(12,13)14)5-6-10(9)17/h5-7,15,17H,3-4H2,1-2H3. The third-order valence-electron chi connectivity index (χ3n) is 2.61. The highest BCUT2D eigenvalue weighted by atomic mass is 32.2. The van der Waals surface area contributed by atoms with Crippen LogP contribution in [-0.4, -0.2) is 30.9 Å². The highest BCUT2D eigenvalue weighted by molar-refractivity contribution is 7.90. The molecule has 0 aromatic heterocycles. The van der Waals surface area contributed by atoms with Gasteiger partial charge in [-0.15, -0.1) is 0 Å². The summed E-state index contributed by atoms with van der Waals surface area (Å²) >= 11 is 0. The van der Waals surface area contributed by atoms with Gasteiger partial charge >= 0.3 is 16.4 Å². The van der Waals surface area contributed by atoms with E-state index in [1.807, 2.05) is 4.72 Å². The number of benzene rings is 1. The minimum absolute atomic E-state index is 0.158. The second-order valence-electron chi connectivity index (χ2n) is 3.92. The van der Waals surface area contributed by atoms with Gasteiger partial charge in [-0.25, -0.2) is 0 Å². The molecule has 20 heavy (non-hydrogen) atoms. The molecule has 0 unspecified atom stereocenters. The van der Waals surface area contributed by atoms with Crippen LogP contribution in [0.4, 0.5) is 18.9 Å². The Kier molecular flexibility index (Phi) is 4.87. The van der Waals surface area contributed by atoms with Crippen molar-refractivity contribution in [3.63, 3.8) is 0 Å². The monoisotopic (exact) mass is 312 g/mol. The highest BCUT2D eigenvalue weighted by Gasteiger charge is 2.31. The van der Waals surface area contributed by atoms with Gasteiger partial charge in [-0.05, 0) is 18.2 Å². The van der Waals surface area contributed by atoms with Crippen LogP contribution in [0.1, 0.15) is 19.4 Å². The second kappa shape index (κ2) is 5.88. The Hall–Kier alpha value is -1.48. The molecule has 0 saturated carbocycles. The van der Waals surface area contributed by atoms with Gasteiger partial charge in [0.1, 0.15) is 5.75 Å². The number of halogens is 3. The lowest BCUT2D eigenvalue weighted by Crippen LogP contribution is -2.35. The number of phenolic OH excluding ortho intramolecular Hbond substituents is 1. The van der Waals surface area contributed by atoms with Gasteiger partial charge in [0.25, 0.3) is 0 Å². The quantitative estimate of drug-likeness (QED) is 0.820. The van der Waals surface area contributed by atoms with Gasteiger partial charge in [0.2, 0.25) is 0 Å². The van der Waals surface area contributed by atoms with Crippen molar-refractivity contribution in [1.82, 2.24) is 4.31 Å². The summed E-state index contributed by atoms with van der Waals surface area (Å²) in [7, 11) is -4.00. The fourth-order valence-electron chi connectivity index (χ4n) is 1.56. The molecule has 0 amide bonds. The number of hydrogen-bond acceptors (Lipinski definition) is 3. The highest BCUT2D eigenvalue weighted by Crippen LogP contribution is 2.34. The van der Waals surface area contributed by atoms with Crippen LogP contribution in [0.3, 0.4) is 0 Å². The van der Waals surface area contributed by atoms with Crippen molar-refractivity contribution in [3.8, 4) is 5.75 Å². The molecule has 0 saturated heterocycles. The van der Waals surface area contributed by atoms with E-state index in [0.717, 1.165) is 10.4 Å². The van der Waals surface area contributed by atoms with E-state index >= 15 is 0 Å². The van der Waals surface area contributed by atoms with Gasteiger partial charge in [-0.3, -0.25) is 4.72 Å². The fraction of sp³-hybridized carbons (Fsp3) is 0.455. The molecule has 1 aromatic carbocycles. The van der Waals surface area contributed by atoms with E-state index in [1.54, 1.807) is 13.8 Å². The molecule has 5 nitrogen and oxygen atoms in total. The number of aromatic hydroxyl groups is 1. The zero-order valence-electron chi connectivity index (χ0n) is 10.9. The minimum atomic E-state index is -4.62. The Morgan fingerprint density at radius 1 is 1.25 bits per heavy atom. The first kappa shape index (κ1) is 16.6. The van der Waals surface area contributed by atoms with Crippen molar-refractivity contribution in [2.75, 3.05) is 17.8 Å². The summed E-state index contributed by atoms with van der Waals surface area (Å²) in [5.41, 5.74) is -1.56. The van der Waals surface area contributed by atoms with Crippen LogP contribution < -0.4 is 4.72 Å². The first-order chi connectivity index (χ1) is 9.11. The van der Waals surface area contributed by atoms with Crippen molar-refractivity contribution in [2.24, 2.45) is 0 Å². The zero-order chi connectivity index (χ0) is 15.6. The van der Waals surface area contributed by atoms with E-state index in [9.17, 15) is 26.7 Å². The largest absolute Gasteiger partial charge is 0.506 e. The van der Waals surface area contributed by atoms with Crippen molar-refractivity contribution >= 4 is 15.9 Å². The first-order valence-electron chi connectivity index (χ1n) is 5.80. The maximum absolute atomic E-state index is 12.6. The van der Waals surface area contributed by atoms with Crippen LogP contribution in [-0.2, 0) is 16.4 Å². The predicted molar refractivity (Wildman–Crippen MR) is 68.6 cm³/mol. The van der Waals surface area contributed by atoms with E-state index in [0.29, 0.717) is 12.1 Å². The number of anilines is 1. The molecule has 0 heterocycles. The number of hydrogen-bond donors (Lipinski definition) is 2. The number of nitrogens with zero attached hydrogens (tertiary/aromatic N) is 1. The third kappa shape index (κ3) is 3.76. The van der Waals surface area contributed by atoms with Gasteiger partial charge in [0, 0.05) is 13.1 Å². The predicted octanol–water partition coefficient (Wildman–Crippen LogP) is 2.41. The fourth-order valence-corrected chi connectivity index (χ4v) is 2.81. The maximum atomic E-state index is 12.6. The average molecular weight is 312 g/mol. The van der Waals surface area contributed by atoms with Gasteiger partial charge in [-0.1, -0.05) is 13.8 Å². The molecular weight excluding hydrogens is 297 g/mol. The lowest BCUT2D eigenvalue weighted by molar-refractivity contribution is -0.137. The molecule has 0 spiro atoms. The Labute approximate surface area is 115 Å². The van der Waals surface area contributed by atoms with Crippen LogP contribution in [0.25, 0.3) is 0 Å². The number of phenols is 1. The molecule has 0 aliphatic carbocycles. The normalized spacial score (nSPS) is 12.7. The molecule has 1 aromatic rings. The van der Waals surface area contributed by atoms with Crippen LogP contribution >= 0.6 is 0 Å². The summed E-state index contributed by atoms with van der Waals surface area (Å²) in [6.07, 6.45) is -4.62. The SMILES string of the molecule is CCN(CC)S(=O)(=O)Nc1cc(C(F)(F)F)ccc1O. The minimum Gasteiger partial charge on any atom is -0.506 e. The molecule has 2 N–H and O–H groups in total. The Bertz CT molecular complexity index is 569. The Morgan fingerprint density at radius 2 is 1.80 bits per heavy atom. The van der Waals surface area contributed by atoms with Crippen LogP contribution in [0.2, 0.25) is 0 Å². The Balaban J connectivity index is 3.15. The average Bonchev–Trinajstić information content (AvgIpc) is 2.31. The molecule has 0 aliphatic rings. The molecule has 0 fully saturated rings. The van der Waals surface area contributed by atoms with Gasteiger partial charge in [-0.2, -0.15) is 25.9 Å². The summed E-state index contributed by atoms with van der Waals surface area (Å²) in [6, 6.07) is 2.02. The van der Waals surface area contributed by atoms with Crippen LogP contribution in [0, 0.1) is 0 Å². The summed E-state index contributed by atoms with van der Waals surface area (Å²) in [4.78, 5) is 0. The van der Waals surface area contributed by atoms with Gasteiger partial charge < -0.3 is 5.11 Å². The summed E-state index contributed by atoms with van der Waals surface area (Å²) in [5.74, 6) is -0.575. The lowest BCUT2D eigenvalue weighted by Gasteiger charge is -2.20. The second-order valence-corrected chi connectivity index (χ2v) is 5.59. The van der Waals surface area contributed by atoms with E-state index in [-0.39, 0.29) is 13.1 Å². The molecule has 0 radical (unpaired) electrons. The van der Waals surface area contributed by atoms with Crippen LogP contribution in [0.5, 0.6) is 5.75 Å². The van der Waals surface area contributed by atoms with E-state index in [2.05, 4.69) is 0 Å². The van der Waals surface area contributed by atoms with Gasteiger partial charge in [0.05, 0.1) is 11.3 Å². The van der Waals surface area contributed by atoms with Crippen molar-refractivity contribution in [1.29, 1.82) is 0 Å². The molecule has 1 rings (SSSR count). The Morgan fingerprint density at radius 3 is 2.25 bits per heavy atom. The molecule has 0 atom stereocenters. The summed E-state index contributed by atoms with van der Waals surface area (Å²) < 4.78 is 64.4. The molecule has 0 bridgehead atoms. The third-order valence-corrected chi connectivity index (χ3v) is 4.28. The molecule has 0 aliphatic heterocycles. The molecule has 9 heteroatoms. The van der Waals surface area contributed by atoms with Gasteiger partial charge in [0.15, 0.2) is 0 Å². The summed E-state index contributed by atoms with van der Waals surface area (Å²) in [5, 5.41) is 9.48. The van der Waals surface area contributed by atoms with E-state index in [4.69, 9.17) is 0 Å². The number of rotatable bonds is 5. The number of nitrogens with one attached hydrogen (secondary N) is 1. The lowest BCUT2D eigenvalue weighted by atomic mass is 10.2. The topological polar surface area (TPSA) is 69.6 Å². The van der Waals surface area contributed by atoms with Crippen molar-refractivity contribution in [3.05, 3.63) is 23.8 Å². The summed E-state index contributed by atoms with van der Waals surface area (Å²) in [6.45, 7) is 3.50. The molecule has 114 valence electrons. The number of alkyl halides is 3. The zero-order valence-corrected chi connectivity index (χ0v) is 11.7. The van der Waals surface area contributed by atoms with Crippen molar-refractivity contribution in [2.45, 2.75) is 20.0 Å².